The Labute approximate surface area is 95.4 Å². The Morgan fingerprint density at radius 3 is 2.50 bits per heavy atom. The highest BCUT2D eigenvalue weighted by molar-refractivity contribution is 5.73. The smallest absolute Gasteiger partial charge is 0.308 e. The first kappa shape index (κ1) is 11.0. The van der Waals surface area contributed by atoms with Crippen LogP contribution in [0.1, 0.15) is 19.8 Å². The molecule has 3 nitrogen and oxygen atoms in total. The summed E-state index contributed by atoms with van der Waals surface area (Å²) in [5.74, 6) is 0.723. The van der Waals surface area contributed by atoms with Crippen LogP contribution in [0.3, 0.4) is 0 Å². The maximum atomic E-state index is 11.3. The molecule has 1 aliphatic carbocycles. The van der Waals surface area contributed by atoms with Crippen LogP contribution < -0.4 is 4.74 Å². The minimum absolute atomic E-state index is 0.00119. The standard InChI is InChI=1S/C13H16O3/c1-13(8-10(9-13)12(14)15-2)16-11-6-4-3-5-7-11/h3-7,10H,8-9H2,1-2H3. The molecule has 1 aromatic carbocycles. The number of hydrogen-bond acceptors (Lipinski definition) is 3. The van der Waals surface area contributed by atoms with Crippen LogP contribution >= 0.6 is 0 Å². The third kappa shape index (κ3) is 2.18. The van der Waals surface area contributed by atoms with Crippen LogP contribution in [0.4, 0.5) is 0 Å². The topological polar surface area (TPSA) is 35.5 Å². The second kappa shape index (κ2) is 4.16. The minimum Gasteiger partial charge on any atom is -0.488 e. The molecule has 0 spiro atoms. The maximum absolute atomic E-state index is 11.3. The largest absolute Gasteiger partial charge is 0.488 e. The Balaban J connectivity index is 1.91. The lowest BCUT2D eigenvalue weighted by Gasteiger charge is -2.43. The van der Waals surface area contributed by atoms with E-state index >= 15 is 0 Å². The lowest BCUT2D eigenvalue weighted by Crippen LogP contribution is -2.49. The first-order valence-electron chi connectivity index (χ1n) is 5.45. The molecule has 0 saturated heterocycles. The molecule has 0 aromatic heterocycles. The maximum Gasteiger partial charge on any atom is 0.308 e. The van der Waals surface area contributed by atoms with Gasteiger partial charge in [0.05, 0.1) is 13.0 Å². The van der Waals surface area contributed by atoms with Crippen molar-refractivity contribution in [3.8, 4) is 5.75 Å². The Morgan fingerprint density at radius 2 is 1.94 bits per heavy atom. The van der Waals surface area contributed by atoms with Gasteiger partial charge in [-0.2, -0.15) is 0 Å². The Morgan fingerprint density at radius 1 is 1.31 bits per heavy atom. The molecule has 0 aliphatic heterocycles. The molecule has 1 saturated carbocycles. The molecule has 0 N–H and O–H groups in total. The van der Waals surface area contributed by atoms with E-state index in [-0.39, 0.29) is 17.5 Å². The normalized spacial score (nSPS) is 28.0. The molecule has 16 heavy (non-hydrogen) atoms. The molecule has 0 unspecified atom stereocenters. The molecule has 1 fully saturated rings. The van der Waals surface area contributed by atoms with Gasteiger partial charge in [-0.05, 0) is 19.1 Å². The van der Waals surface area contributed by atoms with E-state index in [0.717, 1.165) is 18.6 Å². The summed E-state index contributed by atoms with van der Waals surface area (Å²) in [4.78, 5) is 11.3. The summed E-state index contributed by atoms with van der Waals surface area (Å²) in [7, 11) is 1.43. The SMILES string of the molecule is COC(=O)C1CC(C)(Oc2ccccc2)C1. The predicted octanol–water partition coefficient (Wildman–Crippen LogP) is 2.41. The summed E-state index contributed by atoms with van der Waals surface area (Å²) in [5.41, 5.74) is -0.222. The predicted molar refractivity (Wildman–Crippen MR) is 60.2 cm³/mol. The summed E-state index contributed by atoms with van der Waals surface area (Å²) in [6.07, 6.45) is 1.46. The molecule has 1 aromatic rings. The van der Waals surface area contributed by atoms with Gasteiger partial charge < -0.3 is 9.47 Å². The molecule has 1 aliphatic rings. The zero-order valence-electron chi connectivity index (χ0n) is 9.60. The summed E-state index contributed by atoms with van der Waals surface area (Å²) in [6.45, 7) is 2.03. The van der Waals surface area contributed by atoms with E-state index in [1.807, 2.05) is 37.3 Å². The Hall–Kier alpha value is -1.51. The van der Waals surface area contributed by atoms with Gasteiger partial charge in [0.25, 0.3) is 0 Å². The molecular formula is C13H16O3. The van der Waals surface area contributed by atoms with Gasteiger partial charge in [0, 0.05) is 12.8 Å². The first-order valence-corrected chi connectivity index (χ1v) is 5.45. The van der Waals surface area contributed by atoms with Crippen molar-refractivity contribution in [3.63, 3.8) is 0 Å². The number of benzene rings is 1. The fourth-order valence-electron chi connectivity index (χ4n) is 2.17. The number of rotatable bonds is 3. The summed E-state index contributed by atoms with van der Waals surface area (Å²) < 4.78 is 10.6. The third-order valence-corrected chi connectivity index (χ3v) is 3.00. The van der Waals surface area contributed by atoms with Crippen LogP contribution in [0.15, 0.2) is 30.3 Å². The summed E-state index contributed by atoms with van der Waals surface area (Å²) in [6, 6.07) is 9.69. The highest BCUT2D eigenvalue weighted by Gasteiger charge is 2.46. The molecule has 3 heteroatoms. The van der Waals surface area contributed by atoms with Gasteiger partial charge in [0.1, 0.15) is 11.4 Å². The van der Waals surface area contributed by atoms with Gasteiger partial charge in [-0.3, -0.25) is 4.79 Å². The number of carbonyl (C=O) groups excluding carboxylic acids is 1. The molecule has 0 radical (unpaired) electrons. The first-order chi connectivity index (χ1) is 7.63. The van der Waals surface area contributed by atoms with E-state index in [4.69, 9.17) is 9.47 Å². The van der Waals surface area contributed by atoms with E-state index < -0.39 is 0 Å². The van der Waals surface area contributed by atoms with Crippen molar-refractivity contribution in [1.29, 1.82) is 0 Å². The van der Waals surface area contributed by atoms with Crippen molar-refractivity contribution in [1.82, 2.24) is 0 Å². The van der Waals surface area contributed by atoms with Crippen molar-refractivity contribution in [2.45, 2.75) is 25.4 Å². The van der Waals surface area contributed by atoms with Crippen molar-refractivity contribution < 1.29 is 14.3 Å². The Kier molecular flexibility index (Phi) is 2.86. The van der Waals surface area contributed by atoms with Gasteiger partial charge in [0.15, 0.2) is 0 Å². The number of methoxy groups -OCH3 is 1. The van der Waals surface area contributed by atoms with Gasteiger partial charge in [-0.1, -0.05) is 18.2 Å². The monoisotopic (exact) mass is 220 g/mol. The van der Waals surface area contributed by atoms with Crippen LogP contribution in [-0.4, -0.2) is 18.7 Å². The number of carbonyl (C=O) groups is 1. The van der Waals surface area contributed by atoms with Gasteiger partial charge in [0.2, 0.25) is 0 Å². The average molecular weight is 220 g/mol. The zero-order valence-corrected chi connectivity index (χ0v) is 9.60. The van der Waals surface area contributed by atoms with Crippen LogP contribution in [0.5, 0.6) is 5.75 Å². The van der Waals surface area contributed by atoms with Crippen molar-refractivity contribution >= 4 is 5.97 Å². The minimum atomic E-state index is -0.222. The molecule has 86 valence electrons. The van der Waals surface area contributed by atoms with Crippen LogP contribution in [0.25, 0.3) is 0 Å². The number of ether oxygens (including phenoxy) is 2. The number of hydrogen-bond donors (Lipinski definition) is 0. The Bertz CT molecular complexity index is 366. The van der Waals surface area contributed by atoms with Crippen molar-refractivity contribution in [2.24, 2.45) is 5.92 Å². The quantitative estimate of drug-likeness (QED) is 0.734. The van der Waals surface area contributed by atoms with Gasteiger partial charge in [-0.15, -0.1) is 0 Å². The lowest BCUT2D eigenvalue weighted by atomic mass is 9.72. The highest BCUT2D eigenvalue weighted by Crippen LogP contribution is 2.41. The molecule has 2 rings (SSSR count). The fraction of sp³-hybridized carbons (Fsp3) is 0.462. The number of para-hydroxylation sites is 1. The van der Waals surface area contributed by atoms with Crippen molar-refractivity contribution in [3.05, 3.63) is 30.3 Å². The second-order valence-electron chi connectivity index (χ2n) is 4.49. The van der Waals surface area contributed by atoms with Crippen LogP contribution in [0.2, 0.25) is 0 Å². The van der Waals surface area contributed by atoms with Crippen LogP contribution in [-0.2, 0) is 9.53 Å². The molecule has 0 amide bonds. The summed E-state index contributed by atoms with van der Waals surface area (Å²) in [5, 5.41) is 0. The zero-order chi connectivity index (χ0) is 11.6. The average Bonchev–Trinajstić information content (AvgIpc) is 2.26. The fourth-order valence-corrected chi connectivity index (χ4v) is 2.17. The third-order valence-electron chi connectivity index (χ3n) is 3.00. The summed E-state index contributed by atoms with van der Waals surface area (Å²) >= 11 is 0. The second-order valence-corrected chi connectivity index (χ2v) is 4.49. The van der Waals surface area contributed by atoms with E-state index in [1.165, 1.54) is 7.11 Å². The van der Waals surface area contributed by atoms with Crippen molar-refractivity contribution in [2.75, 3.05) is 7.11 Å². The van der Waals surface area contributed by atoms with Gasteiger partial charge in [-0.25, -0.2) is 0 Å². The molecular weight excluding hydrogens is 204 g/mol. The van der Waals surface area contributed by atoms with Crippen LogP contribution in [0, 0.1) is 5.92 Å². The lowest BCUT2D eigenvalue weighted by molar-refractivity contribution is -0.157. The molecule has 0 atom stereocenters. The van der Waals surface area contributed by atoms with Gasteiger partial charge >= 0.3 is 5.97 Å². The van der Waals surface area contributed by atoms with E-state index in [0.29, 0.717) is 0 Å². The molecule has 0 heterocycles. The highest BCUT2D eigenvalue weighted by atomic mass is 16.5. The van der Waals surface area contributed by atoms with E-state index in [1.54, 1.807) is 0 Å². The van der Waals surface area contributed by atoms with E-state index in [9.17, 15) is 4.79 Å². The van der Waals surface area contributed by atoms with E-state index in [2.05, 4.69) is 0 Å². The molecule has 0 bridgehead atoms. The number of esters is 1.